The summed E-state index contributed by atoms with van der Waals surface area (Å²) >= 11 is 7.65. The summed E-state index contributed by atoms with van der Waals surface area (Å²) in [4.78, 5) is 29.8. The van der Waals surface area contributed by atoms with Gasteiger partial charge in [-0.05, 0) is 18.2 Å². The summed E-state index contributed by atoms with van der Waals surface area (Å²) in [5.74, 6) is -0.650. The molecule has 0 saturated carbocycles. The highest BCUT2D eigenvalue weighted by Crippen LogP contribution is 2.41. The van der Waals surface area contributed by atoms with Gasteiger partial charge in [-0.3, -0.25) is 4.90 Å². The van der Waals surface area contributed by atoms with E-state index in [2.05, 4.69) is 5.32 Å². The monoisotopic (exact) mass is 461 g/mol. The Morgan fingerprint density at radius 2 is 2.10 bits per heavy atom. The third-order valence-electron chi connectivity index (χ3n) is 4.87. The van der Waals surface area contributed by atoms with E-state index >= 15 is 0 Å². The van der Waals surface area contributed by atoms with Crippen molar-refractivity contribution in [3.63, 3.8) is 0 Å². The molecule has 31 heavy (non-hydrogen) atoms. The van der Waals surface area contributed by atoms with Crippen LogP contribution in [-0.4, -0.2) is 60.1 Å². The SMILES string of the molecule is O=C(O)/C=C/C(=O)OC(CC1=Nc2cc(Cl)ccc2Oc2cscc21)N1CCNCC1. The lowest BCUT2D eigenvalue weighted by atomic mass is 10.1. The highest BCUT2D eigenvalue weighted by atomic mass is 35.5. The Morgan fingerprint density at radius 3 is 2.87 bits per heavy atom. The average Bonchev–Trinajstić information content (AvgIpc) is 3.16. The number of carboxylic acid groups (broad SMARTS) is 1. The first-order chi connectivity index (χ1) is 15.0. The van der Waals surface area contributed by atoms with Gasteiger partial charge in [0, 0.05) is 66.1 Å². The van der Waals surface area contributed by atoms with Crippen LogP contribution in [-0.2, 0) is 14.3 Å². The van der Waals surface area contributed by atoms with Gasteiger partial charge in [0.25, 0.3) is 0 Å². The number of thiophene rings is 1. The zero-order chi connectivity index (χ0) is 21.8. The molecule has 1 unspecified atom stereocenters. The van der Waals surface area contributed by atoms with E-state index in [1.54, 1.807) is 18.2 Å². The molecule has 1 aromatic carbocycles. The second kappa shape index (κ2) is 9.61. The molecular formula is C21H20ClN3O5S. The van der Waals surface area contributed by atoms with Crippen LogP contribution in [0.1, 0.15) is 12.0 Å². The number of fused-ring (bicyclic) bond motifs is 2. The van der Waals surface area contributed by atoms with Gasteiger partial charge in [0.2, 0.25) is 0 Å². The highest BCUT2D eigenvalue weighted by molar-refractivity contribution is 7.08. The number of carbonyl (C=O) groups excluding carboxylic acids is 1. The number of aliphatic imine (C=N–C) groups is 1. The van der Waals surface area contributed by atoms with Crippen molar-refractivity contribution in [2.45, 2.75) is 12.6 Å². The lowest BCUT2D eigenvalue weighted by Gasteiger charge is -2.34. The van der Waals surface area contributed by atoms with Crippen LogP contribution >= 0.6 is 22.9 Å². The maximum atomic E-state index is 12.3. The molecule has 2 aliphatic rings. The van der Waals surface area contributed by atoms with Crippen molar-refractivity contribution < 1.29 is 24.2 Å². The largest absolute Gasteiger partial charge is 0.478 e. The molecular weight excluding hydrogens is 442 g/mol. The van der Waals surface area contributed by atoms with E-state index < -0.39 is 18.2 Å². The molecule has 2 aliphatic heterocycles. The molecule has 0 aliphatic carbocycles. The number of hydrogen-bond donors (Lipinski definition) is 2. The molecule has 8 nitrogen and oxygen atoms in total. The number of hydrogen-bond acceptors (Lipinski definition) is 8. The Balaban J connectivity index is 1.65. The van der Waals surface area contributed by atoms with Crippen LogP contribution < -0.4 is 10.1 Å². The van der Waals surface area contributed by atoms with E-state index in [1.807, 2.05) is 15.7 Å². The van der Waals surface area contributed by atoms with Gasteiger partial charge in [0.15, 0.2) is 12.0 Å². The fourth-order valence-electron chi connectivity index (χ4n) is 3.41. The van der Waals surface area contributed by atoms with Crippen LogP contribution in [0.25, 0.3) is 0 Å². The lowest BCUT2D eigenvalue weighted by molar-refractivity contribution is -0.153. The number of benzene rings is 1. The van der Waals surface area contributed by atoms with Crippen molar-refractivity contribution in [1.29, 1.82) is 0 Å². The molecule has 10 heteroatoms. The Hall–Kier alpha value is -2.72. The molecule has 0 radical (unpaired) electrons. The highest BCUT2D eigenvalue weighted by Gasteiger charge is 2.28. The molecule has 1 atom stereocenters. The predicted molar refractivity (Wildman–Crippen MR) is 118 cm³/mol. The van der Waals surface area contributed by atoms with Crippen LogP contribution in [0.5, 0.6) is 11.5 Å². The van der Waals surface area contributed by atoms with Crippen molar-refractivity contribution >= 4 is 46.3 Å². The van der Waals surface area contributed by atoms with Gasteiger partial charge in [-0.25, -0.2) is 14.6 Å². The Kier molecular flexibility index (Phi) is 6.67. The van der Waals surface area contributed by atoms with Gasteiger partial charge in [0.05, 0.1) is 5.71 Å². The first-order valence-electron chi connectivity index (χ1n) is 9.67. The third kappa shape index (κ3) is 5.31. The van der Waals surface area contributed by atoms with Crippen LogP contribution in [0.3, 0.4) is 0 Å². The predicted octanol–water partition coefficient (Wildman–Crippen LogP) is 3.43. The smallest absolute Gasteiger partial charge is 0.332 e. The van der Waals surface area contributed by atoms with Crippen molar-refractivity contribution in [1.82, 2.24) is 10.2 Å². The van der Waals surface area contributed by atoms with E-state index in [4.69, 9.17) is 31.2 Å². The number of piperazine rings is 1. The van der Waals surface area contributed by atoms with E-state index in [-0.39, 0.29) is 0 Å². The minimum Gasteiger partial charge on any atom is -0.478 e. The summed E-state index contributed by atoms with van der Waals surface area (Å²) in [5, 5.41) is 16.4. The number of ether oxygens (including phenoxy) is 2. The summed E-state index contributed by atoms with van der Waals surface area (Å²) in [6.07, 6.45) is 1.38. The molecule has 2 aromatic rings. The lowest BCUT2D eigenvalue weighted by Crippen LogP contribution is -2.50. The number of halogens is 1. The zero-order valence-corrected chi connectivity index (χ0v) is 18.0. The van der Waals surface area contributed by atoms with Crippen molar-refractivity contribution in [3.05, 3.63) is 51.7 Å². The first kappa shape index (κ1) is 21.5. The number of nitrogens with one attached hydrogen (secondary N) is 1. The van der Waals surface area contributed by atoms with Crippen LogP contribution in [0.4, 0.5) is 5.69 Å². The number of aliphatic carboxylic acids is 1. The van der Waals surface area contributed by atoms with Crippen LogP contribution in [0.15, 0.2) is 46.1 Å². The molecule has 4 rings (SSSR count). The fraction of sp³-hybridized carbons (Fsp3) is 0.286. The van der Waals surface area contributed by atoms with Gasteiger partial charge in [-0.1, -0.05) is 11.6 Å². The van der Waals surface area contributed by atoms with Gasteiger partial charge >= 0.3 is 11.9 Å². The zero-order valence-electron chi connectivity index (χ0n) is 16.4. The molecule has 0 bridgehead atoms. The van der Waals surface area contributed by atoms with Crippen molar-refractivity contribution in [3.8, 4) is 11.5 Å². The summed E-state index contributed by atoms with van der Waals surface area (Å²) in [6, 6.07) is 5.25. The van der Waals surface area contributed by atoms with E-state index in [9.17, 15) is 9.59 Å². The summed E-state index contributed by atoms with van der Waals surface area (Å²) in [6.45, 7) is 2.89. The van der Waals surface area contributed by atoms with E-state index in [1.165, 1.54) is 11.3 Å². The van der Waals surface area contributed by atoms with Crippen molar-refractivity contribution in [2.24, 2.45) is 4.99 Å². The molecule has 2 N–H and O–H groups in total. The molecule has 3 heterocycles. The summed E-state index contributed by atoms with van der Waals surface area (Å²) in [5.41, 5.74) is 2.13. The van der Waals surface area contributed by atoms with Gasteiger partial charge in [-0.2, -0.15) is 0 Å². The Morgan fingerprint density at radius 1 is 1.29 bits per heavy atom. The summed E-state index contributed by atoms with van der Waals surface area (Å²) < 4.78 is 11.7. The first-order valence-corrected chi connectivity index (χ1v) is 11.0. The molecule has 1 fully saturated rings. The van der Waals surface area contributed by atoms with Crippen molar-refractivity contribution in [2.75, 3.05) is 26.2 Å². The van der Waals surface area contributed by atoms with Gasteiger partial charge in [-0.15, -0.1) is 11.3 Å². The van der Waals surface area contributed by atoms with Gasteiger partial charge in [0.1, 0.15) is 11.4 Å². The van der Waals surface area contributed by atoms with Crippen LogP contribution in [0.2, 0.25) is 5.02 Å². The van der Waals surface area contributed by atoms with Crippen LogP contribution in [0, 0.1) is 0 Å². The molecule has 1 aromatic heterocycles. The maximum absolute atomic E-state index is 12.3. The fourth-order valence-corrected chi connectivity index (χ4v) is 4.33. The molecule has 0 spiro atoms. The number of carboxylic acids is 1. The summed E-state index contributed by atoms with van der Waals surface area (Å²) in [7, 11) is 0. The standard InChI is InChI=1S/C21H20ClN3O5S/c22-13-1-2-17-16(9-13)24-15(14-11-31-12-18(14)29-17)10-19(25-7-5-23-6-8-25)30-21(28)4-3-20(26)27/h1-4,9,11-12,19,23H,5-8,10H2,(H,26,27)/b4-3+. The second-order valence-corrected chi connectivity index (χ2v) is 8.16. The maximum Gasteiger partial charge on any atom is 0.332 e. The van der Waals surface area contributed by atoms with E-state index in [0.717, 1.165) is 30.8 Å². The minimum absolute atomic E-state index is 0.311. The Labute approximate surface area is 187 Å². The number of rotatable bonds is 6. The van der Waals surface area contributed by atoms with E-state index in [0.29, 0.717) is 47.4 Å². The number of nitrogens with zero attached hydrogens (tertiary/aromatic N) is 2. The topological polar surface area (TPSA) is 100 Å². The quantitative estimate of drug-likeness (QED) is 0.502. The minimum atomic E-state index is -1.21. The number of carbonyl (C=O) groups is 2. The molecule has 0 amide bonds. The average molecular weight is 462 g/mol. The second-order valence-electron chi connectivity index (χ2n) is 6.98. The third-order valence-corrected chi connectivity index (χ3v) is 5.83. The molecule has 1 saturated heterocycles. The Bertz CT molecular complexity index is 1050. The molecule has 162 valence electrons. The normalized spacial score (nSPS) is 17.1. The van der Waals surface area contributed by atoms with Gasteiger partial charge < -0.3 is 19.9 Å². The number of esters is 1.